The monoisotopic (exact) mass is 392 g/mol. The van der Waals surface area contributed by atoms with Gasteiger partial charge < -0.3 is 5.32 Å². The summed E-state index contributed by atoms with van der Waals surface area (Å²) in [5.74, 6) is -0.247. The van der Waals surface area contributed by atoms with Crippen LogP contribution in [0.4, 0.5) is 5.69 Å². The summed E-state index contributed by atoms with van der Waals surface area (Å²) in [4.78, 5) is 16.7. The summed E-state index contributed by atoms with van der Waals surface area (Å²) in [7, 11) is 0. The first-order chi connectivity index (χ1) is 13.5. The third-order valence-electron chi connectivity index (χ3n) is 4.27. The van der Waals surface area contributed by atoms with Crippen molar-refractivity contribution >= 4 is 23.2 Å². The van der Waals surface area contributed by atoms with Crippen LogP contribution in [0.5, 0.6) is 0 Å². The van der Waals surface area contributed by atoms with Gasteiger partial charge in [-0.05, 0) is 56.3 Å². The maximum absolute atomic E-state index is 12.7. The van der Waals surface area contributed by atoms with E-state index in [2.05, 4.69) is 20.5 Å². The first kappa shape index (κ1) is 17.9. The van der Waals surface area contributed by atoms with Gasteiger partial charge in [-0.3, -0.25) is 4.79 Å². The average Bonchev–Trinajstić information content (AvgIpc) is 3.31. The number of hydrogen-bond acceptors (Lipinski definition) is 4. The second-order valence-electron chi connectivity index (χ2n) is 6.32. The third-order valence-corrected chi connectivity index (χ3v) is 4.57. The Balaban J connectivity index is 1.60. The lowest BCUT2D eigenvalue weighted by molar-refractivity contribution is 0.102. The molecular weight excluding hydrogens is 376 g/mol. The predicted molar refractivity (Wildman–Crippen MR) is 107 cm³/mol. The van der Waals surface area contributed by atoms with E-state index in [1.165, 1.54) is 17.3 Å². The van der Waals surface area contributed by atoms with Crippen molar-refractivity contribution in [2.45, 2.75) is 13.8 Å². The van der Waals surface area contributed by atoms with Gasteiger partial charge >= 0.3 is 0 Å². The van der Waals surface area contributed by atoms with E-state index in [1.54, 1.807) is 30.3 Å². The number of aryl methyl sites for hydroxylation is 2. The average molecular weight is 393 g/mol. The Morgan fingerprint density at radius 1 is 1.11 bits per heavy atom. The fraction of sp³-hybridized carbons (Fsp3) is 0.100. The van der Waals surface area contributed by atoms with Crippen molar-refractivity contribution in [1.29, 1.82) is 0 Å². The molecule has 0 radical (unpaired) electrons. The van der Waals surface area contributed by atoms with Crippen LogP contribution in [-0.2, 0) is 0 Å². The highest BCUT2D eigenvalue weighted by atomic mass is 35.5. The summed E-state index contributed by atoms with van der Waals surface area (Å²) in [5.41, 5.74) is 4.51. The van der Waals surface area contributed by atoms with E-state index < -0.39 is 0 Å². The van der Waals surface area contributed by atoms with E-state index in [-0.39, 0.29) is 5.91 Å². The van der Waals surface area contributed by atoms with E-state index in [4.69, 9.17) is 11.6 Å². The lowest BCUT2D eigenvalue weighted by atomic mass is 10.1. The Hall–Kier alpha value is -3.45. The number of aromatic nitrogens is 5. The lowest BCUT2D eigenvalue weighted by Crippen LogP contribution is -2.14. The molecule has 1 amide bonds. The standard InChI is InChI=1S/C20H17ClN6O/c1-13-10-14(2)27(25-13)16-8-6-15(7-9-16)20(28)24-18-5-3-4-17(21)19(18)26-12-22-11-23-26/h3-12H,1-2H3,(H,24,28). The molecule has 2 heterocycles. The molecule has 2 aromatic carbocycles. The summed E-state index contributed by atoms with van der Waals surface area (Å²) in [6.07, 6.45) is 2.94. The largest absolute Gasteiger partial charge is 0.320 e. The van der Waals surface area contributed by atoms with Crippen LogP contribution in [0, 0.1) is 13.8 Å². The van der Waals surface area contributed by atoms with Gasteiger partial charge in [-0.1, -0.05) is 17.7 Å². The Labute approximate surface area is 166 Å². The molecule has 4 aromatic rings. The number of carbonyl (C=O) groups excluding carboxylic acids is 1. The SMILES string of the molecule is Cc1cc(C)n(-c2ccc(C(=O)Nc3cccc(Cl)c3-n3cncn3)cc2)n1. The molecule has 2 aromatic heterocycles. The Morgan fingerprint density at radius 2 is 1.89 bits per heavy atom. The summed E-state index contributed by atoms with van der Waals surface area (Å²) in [6, 6.07) is 14.5. The minimum absolute atomic E-state index is 0.247. The van der Waals surface area contributed by atoms with Crippen molar-refractivity contribution < 1.29 is 4.79 Å². The smallest absolute Gasteiger partial charge is 0.255 e. The number of benzene rings is 2. The van der Waals surface area contributed by atoms with Crippen molar-refractivity contribution in [3.05, 3.63) is 83.2 Å². The molecule has 0 spiro atoms. The van der Waals surface area contributed by atoms with Crippen molar-refractivity contribution in [2.75, 3.05) is 5.32 Å². The molecule has 4 rings (SSSR count). The Bertz CT molecular complexity index is 1130. The highest BCUT2D eigenvalue weighted by Crippen LogP contribution is 2.28. The molecule has 140 valence electrons. The quantitative estimate of drug-likeness (QED) is 0.570. The zero-order valence-electron chi connectivity index (χ0n) is 15.3. The second-order valence-corrected chi connectivity index (χ2v) is 6.72. The molecule has 0 aliphatic carbocycles. The summed E-state index contributed by atoms with van der Waals surface area (Å²) in [6.45, 7) is 3.94. The molecule has 8 heteroatoms. The fourth-order valence-corrected chi connectivity index (χ4v) is 3.27. The minimum atomic E-state index is -0.247. The summed E-state index contributed by atoms with van der Waals surface area (Å²) >= 11 is 6.31. The molecule has 7 nitrogen and oxygen atoms in total. The topological polar surface area (TPSA) is 77.6 Å². The van der Waals surface area contributed by atoms with Crippen LogP contribution in [0.1, 0.15) is 21.7 Å². The number of anilines is 1. The van der Waals surface area contributed by atoms with Crippen molar-refractivity contribution in [3.63, 3.8) is 0 Å². The number of carbonyl (C=O) groups is 1. The third kappa shape index (κ3) is 3.39. The summed E-state index contributed by atoms with van der Waals surface area (Å²) < 4.78 is 3.36. The molecule has 0 aliphatic rings. The van der Waals surface area contributed by atoms with E-state index in [1.807, 2.05) is 36.7 Å². The molecule has 0 unspecified atom stereocenters. The molecule has 28 heavy (non-hydrogen) atoms. The molecule has 0 saturated carbocycles. The maximum Gasteiger partial charge on any atom is 0.255 e. The Morgan fingerprint density at radius 3 is 2.54 bits per heavy atom. The molecular formula is C20H17ClN6O. The van der Waals surface area contributed by atoms with Crippen LogP contribution in [0.2, 0.25) is 5.02 Å². The highest BCUT2D eigenvalue weighted by Gasteiger charge is 2.14. The number of para-hydroxylation sites is 1. The first-order valence-corrected chi connectivity index (χ1v) is 8.99. The van der Waals surface area contributed by atoms with Gasteiger partial charge in [0.05, 0.1) is 22.1 Å². The van der Waals surface area contributed by atoms with Crippen LogP contribution in [0.3, 0.4) is 0 Å². The number of rotatable bonds is 4. The van der Waals surface area contributed by atoms with E-state index >= 15 is 0 Å². The van der Waals surface area contributed by atoms with Gasteiger partial charge in [0.1, 0.15) is 18.3 Å². The van der Waals surface area contributed by atoms with Gasteiger partial charge in [0.25, 0.3) is 5.91 Å². The highest BCUT2D eigenvalue weighted by molar-refractivity contribution is 6.33. The van der Waals surface area contributed by atoms with E-state index in [0.717, 1.165) is 17.1 Å². The molecule has 0 atom stereocenters. The van der Waals surface area contributed by atoms with Gasteiger partial charge in [-0.25, -0.2) is 14.3 Å². The number of hydrogen-bond donors (Lipinski definition) is 1. The molecule has 0 aliphatic heterocycles. The van der Waals surface area contributed by atoms with E-state index in [0.29, 0.717) is 22.0 Å². The van der Waals surface area contributed by atoms with Crippen molar-refractivity contribution in [1.82, 2.24) is 24.5 Å². The first-order valence-electron chi connectivity index (χ1n) is 8.61. The Kier molecular flexibility index (Phi) is 4.67. The van der Waals surface area contributed by atoms with Crippen LogP contribution < -0.4 is 5.32 Å². The van der Waals surface area contributed by atoms with Gasteiger partial charge in [0, 0.05) is 11.3 Å². The van der Waals surface area contributed by atoms with Crippen molar-refractivity contribution in [3.8, 4) is 11.4 Å². The number of nitrogens with zero attached hydrogens (tertiary/aromatic N) is 5. The summed E-state index contributed by atoms with van der Waals surface area (Å²) in [5, 5.41) is 11.9. The predicted octanol–water partition coefficient (Wildman–Crippen LogP) is 3.98. The molecule has 0 fully saturated rings. The zero-order valence-corrected chi connectivity index (χ0v) is 16.1. The van der Waals surface area contributed by atoms with Gasteiger partial charge in [-0.2, -0.15) is 10.2 Å². The number of halogens is 1. The van der Waals surface area contributed by atoms with Gasteiger partial charge in [-0.15, -0.1) is 0 Å². The molecule has 0 saturated heterocycles. The van der Waals surface area contributed by atoms with Crippen molar-refractivity contribution in [2.24, 2.45) is 0 Å². The van der Waals surface area contributed by atoms with Gasteiger partial charge in [0.2, 0.25) is 0 Å². The van der Waals surface area contributed by atoms with Crippen LogP contribution in [0.25, 0.3) is 11.4 Å². The normalized spacial score (nSPS) is 10.8. The molecule has 1 N–H and O–H groups in total. The number of amides is 1. The number of nitrogens with one attached hydrogen (secondary N) is 1. The minimum Gasteiger partial charge on any atom is -0.320 e. The van der Waals surface area contributed by atoms with Crippen LogP contribution in [0.15, 0.2) is 61.2 Å². The van der Waals surface area contributed by atoms with Crippen LogP contribution >= 0.6 is 11.6 Å². The fourth-order valence-electron chi connectivity index (χ4n) is 3.01. The van der Waals surface area contributed by atoms with Crippen LogP contribution in [-0.4, -0.2) is 30.5 Å². The maximum atomic E-state index is 12.7. The molecule has 0 bridgehead atoms. The van der Waals surface area contributed by atoms with E-state index in [9.17, 15) is 4.79 Å². The zero-order chi connectivity index (χ0) is 19.7. The van der Waals surface area contributed by atoms with Gasteiger partial charge in [0.15, 0.2) is 0 Å². The lowest BCUT2D eigenvalue weighted by Gasteiger charge is -2.12. The second kappa shape index (κ2) is 7.28.